The molecule has 1 aromatic carbocycles. The third-order valence-corrected chi connectivity index (χ3v) is 3.46. The molecule has 0 radical (unpaired) electrons. The number of nitrogens with zero attached hydrogens (tertiary/aromatic N) is 2. The monoisotopic (exact) mass is 335 g/mol. The van der Waals surface area contributed by atoms with Gasteiger partial charge in [-0.15, -0.1) is 0 Å². The van der Waals surface area contributed by atoms with Crippen LogP contribution in [-0.2, 0) is 11.3 Å². The Kier molecular flexibility index (Phi) is 4.78. The molecule has 2 rings (SSSR count). The molecule has 0 spiro atoms. The molecule has 0 saturated carbocycles. The maximum atomic E-state index is 13.7. The van der Waals surface area contributed by atoms with Crippen LogP contribution in [0, 0.1) is 29.9 Å². The van der Waals surface area contributed by atoms with Crippen molar-refractivity contribution >= 4 is 17.0 Å². The number of ether oxygens (including phenoxy) is 1. The molecule has 0 saturated heterocycles. The Balaban J connectivity index is 2.23. The lowest BCUT2D eigenvalue weighted by Crippen LogP contribution is -2.34. The van der Waals surface area contributed by atoms with Crippen LogP contribution in [0.5, 0.6) is 0 Å². The van der Waals surface area contributed by atoms with E-state index in [2.05, 4.69) is 5.32 Å². The molecule has 0 aliphatic carbocycles. The number of carbonyl (C=O) groups excluding carboxylic acids is 1. The molecule has 0 aliphatic heterocycles. The zero-order valence-corrected chi connectivity index (χ0v) is 14.0. The first kappa shape index (κ1) is 17.7. The summed E-state index contributed by atoms with van der Waals surface area (Å²) in [5, 5.41) is 12.3. The van der Waals surface area contributed by atoms with Gasteiger partial charge in [-0.3, -0.25) is 0 Å². The second kappa shape index (κ2) is 6.48. The molecule has 1 aromatic heterocycles. The zero-order valence-electron chi connectivity index (χ0n) is 14.0. The summed E-state index contributed by atoms with van der Waals surface area (Å²) in [6.07, 6.45) is -0.578. The fraction of sp³-hybridized carbons (Fsp3) is 0.412. The van der Waals surface area contributed by atoms with Crippen molar-refractivity contribution in [2.45, 2.75) is 39.8 Å². The second-order valence-electron chi connectivity index (χ2n) is 6.45. The van der Waals surface area contributed by atoms with E-state index in [-0.39, 0.29) is 24.3 Å². The molecule has 24 heavy (non-hydrogen) atoms. The van der Waals surface area contributed by atoms with Crippen LogP contribution in [0.1, 0.15) is 32.0 Å². The smallest absolute Gasteiger partial charge is 0.407 e. The Morgan fingerprint density at radius 1 is 1.38 bits per heavy atom. The molecule has 0 bridgehead atoms. The fourth-order valence-corrected chi connectivity index (χ4v) is 2.42. The topological polar surface area (TPSA) is 67.0 Å². The highest BCUT2D eigenvalue weighted by atomic mass is 19.2. The van der Waals surface area contributed by atoms with E-state index in [1.54, 1.807) is 25.3 Å². The Hall–Kier alpha value is -2.62. The molecule has 1 amide bonds. The van der Waals surface area contributed by atoms with Gasteiger partial charge in [-0.2, -0.15) is 5.26 Å². The number of amides is 1. The van der Waals surface area contributed by atoms with E-state index >= 15 is 0 Å². The number of nitriles is 1. The number of nitrogens with one attached hydrogen (secondary N) is 1. The predicted octanol–water partition coefficient (Wildman–Crippen LogP) is 3.62. The first-order chi connectivity index (χ1) is 11.1. The lowest BCUT2D eigenvalue weighted by molar-refractivity contribution is 0.0526. The van der Waals surface area contributed by atoms with Crippen LogP contribution in [0.4, 0.5) is 13.6 Å². The third-order valence-electron chi connectivity index (χ3n) is 3.46. The highest BCUT2D eigenvalue weighted by Gasteiger charge is 2.18. The molecule has 5 nitrogen and oxygen atoms in total. The number of benzene rings is 1. The van der Waals surface area contributed by atoms with E-state index in [0.717, 1.165) is 6.07 Å². The van der Waals surface area contributed by atoms with Crippen molar-refractivity contribution < 1.29 is 18.3 Å². The standard InChI is InChI=1S/C17H19F2N3O2/c1-10-12-7-11(9-20)22(14(12)8-13(18)15(10)19)6-5-21-16(23)24-17(2,3)4/h7-8H,5-6H2,1-4H3,(H,21,23). The van der Waals surface area contributed by atoms with Crippen LogP contribution in [0.25, 0.3) is 10.9 Å². The van der Waals surface area contributed by atoms with E-state index in [0.29, 0.717) is 10.9 Å². The second-order valence-corrected chi connectivity index (χ2v) is 6.45. The Morgan fingerprint density at radius 3 is 2.62 bits per heavy atom. The van der Waals surface area contributed by atoms with E-state index < -0.39 is 23.3 Å². The van der Waals surface area contributed by atoms with Gasteiger partial charge in [0, 0.05) is 24.5 Å². The molecule has 0 atom stereocenters. The lowest BCUT2D eigenvalue weighted by atomic mass is 10.1. The van der Waals surface area contributed by atoms with Gasteiger partial charge in [0.15, 0.2) is 11.6 Å². The van der Waals surface area contributed by atoms with Crippen LogP contribution in [-0.4, -0.2) is 22.8 Å². The highest BCUT2D eigenvalue weighted by molar-refractivity contribution is 5.85. The average molecular weight is 335 g/mol. The van der Waals surface area contributed by atoms with Crippen molar-refractivity contribution in [3.05, 3.63) is 35.0 Å². The van der Waals surface area contributed by atoms with Gasteiger partial charge in [0.2, 0.25) is 0 Å². The van der Waals surface area contributed by atoms with Gasteiger partial charge in [0.25, 0.3) is 0 Å². The number of fused-ring (bicyclic) bond motifs is 1. The van der Waals surface area contributed by atoms with E-state index in [1.165, 1.54) is 13.0 Å². The molecular formula is C17H19F2N3O2. The average Bonchev–Trinajstić information content (AvgIpc) is 2.81. The first-order valence-corrected chi connectivity index (χ1v) is 7.49. The molecule has 128 valence electrons. The number of aryl methyl sites for hydroxylation is 1. The first-order valence-electron chi connectivity index (χ1n) is 7.49. The summed E-state index contributed by atoms with van der Waals surface area (Å²) in [5.41, 5.74) is 0.221. The summed E-state index contributed by atoms with van der Waals surface area (Å²) in [6, 6.07) is 4.58. The predicted molar refractivity (Wildman–Crippen MR) is 85.5 cm³/mol. The zero-order chi connectivity index (χ0) is 18.1. The third kappa shape index (κ3) is 3.65. The van der Waals surface area contributed by atoms with Crippen LogP contribution < -0.4 is 5.32 Å². The van der Waals surface area contributed by atoms with E-state index in [1.807, 2.05) is 6.07 Å². The Bertz CT molecular complexity index is 829. The summed E-state index contributed by atoms with van der Waals surface area (Å²) < 4.78 is 34.0. The number of carbonyl (C=O) groups is 1. The number of hydrogen-bond acceptors (Lipinski definition) is 3. The molecule has 1 N–H and O–H groups in total. The molecule has 0 aliphatic rings. The van der Waals surface area contributed by atoms with Crippen molar-refractivity contribution in [2.75, 3.05) is 6.54 Å². The van der Waals surface area contributed by atoms with Gasteiger partial charge in [-0.1, -0.05) is 0 Å². The number of rotatable bonds is 3. The number of hydrogen-bond donors (Lipinski definition) is 1. The molecule has 1 heterocycles. The maximum absolute atomic E-state index is 13.7. The number of alkyl carbamates (subject to hydrolysis) is 1. The number of halogens is 2. The van der Waals surface area contributed by atoms with Crippen LogP contribution in [0.3, 0.4) is 0 Å². The molecule has 0 fully saturated rings. The largest absolute Gasteiger partial charge is 0.444 e. The summed E-state index contributed by atoms with van der Waals surface area (Å²) >= 11 is 0. The Morgan fingerprint density at radius 2 is 2.04 bits per heavy atom. The molecule has 0 unspecified atom stereocenters. The van der Waals surface area contributed by atoms with Crippen molar-refractivity contribution in [3.63, 3.8) is 0 Å². The SMILES string of the molecule is Cc1c(F)c(F)cc2c1cc(C#N)n2CCNC(=O)OC(C)(C)C. The maximum Gasteiger partial charge on any atom is 0.407 e. The fourth-order valence-electron chi connectivity index (χ4n) is 2.42. The van der Waals surface area contributed by atoms with Crippen molar-refractivity contribution in [3.8, 4) is 6.07 Å². The summed E-state index contributed by atoms with van der Waals surface area (Å²) in [4.78, 5) is 11.6. The van der Waals surface area contributed by atoms with Gasteiger partial charge in [0.1, 0.15) is 17.4 Å². The van der Waals surface area contributed by atoms with Crippen LogP contribution in [0.2, 0.25) is 0 Å². The van der Waals surface area contributed by atoms with Gasteiger partial charge >= 0.3 is 6.09 Å². The van der Waals surface area contributed by atoms with Gasteiger partial charge < -0.3 is 14.6 Å². The summed E-state index contributed by atoms with van der Waals surface area (Å²) in [7, 11) is 0. The molecular weight excluding hydrogens is 316 g/mol. The minimum Gasteiger partial charge on any atom is -0.444 e. The molecule has 2 aromatic rings. The highest BCUT2D eigenvalue weighted by Crippen LogP contribution is 2.27. The quantitative estimate of drug-likeness (QED) is 0.931. The van der Waals surface area contributed by atoms with Gasteiger partial charge in [0.05, 0.1) is 5.52 Å². The van der Waals surface area contributed by atoms with Crippen molar-refractivity contribution in [1.82, 2.24) is 9.88 Å². The van der Waals surface area contributed by atoms with Crippen molar-refractivity contribution in [2.24, 2.45) is 0 Å². The number of aromatic nitrogens is 1. The van der Waals surface area contributed by atoms with E-state index in [9.17, 15) is 18.8 Å². The van der Waals surface area contributed by atoms with Gasteiger partial charge in [-0.25, -0.2) is 13.6 Å². The van der Waals surface area contributed by atoms with E-state index in [4.69, 9.17) is 4.74 Å². The van der Waals surface area contributed by atoms with Gasteiger partial charge in [-0.05, 0) is 39.3 Å². The minimum atomic E-state index is -0.969. The normalized spacial score (nSPS) is 11.4. The van der Waals surface area contributed by atoms with Crippen LogP contribution in [0.15, 0.2) is 12.1 Å². The summed E-state index contributed by atoms with van der Waals surface area (Å²) in [6.45, 7) is 7.13. The van der Waals surface area contributed by atoms with Crippen molar-refractivity contribution in [1.29, 1.82) is 5.26 Å². The lowest BCUT2D eigenvalue weighted by Gasteiger charge is -2.19. The minimum absolute atomic E-state index is 0.153. The Labute approximate surface area is 138 Å². The van der Waals surface area contributed by atoms with Crippen LogP contribution >= 0.6 is 0 Å². The molecule has 7 heteroatoms. The summed E-state index contributed by atoms with van der Waals surface area (Å²) in [5.74, 6) is -1.89.